The molecule has 2 aromatic rings. The number of ether oxygens (including phenoxy) is 1. The second kappa shape index (κ2) is 7.81. The summed E-state index contributed by atoms with van der Waals surface area (Å²) in [4.78, 5) is 21.5. The molecule has 8 nitrogen and oxygen atoms in total. The number of halogens is 2. The fourth-order valence-electron chi connectivity index (χ4n) is 5.05. The fraction of sp³-hybridized carbons (Fsp3) is 0.478. The van der Waals surface area contributed by atoms with E-state index in [-0.39, 0.29) is 36.3 Å². The van der Waals surface area contributed by atoms with Crippen molar-refractivity contribution in [2.24, 2.45) is 0 Å². The maximum absolute atomic E-state index is 15.8. The number of rotatable bonds is 2. The van der Waals surface area contributed by atoms with Crippen LogP contribution < -0.4 is 15.0 Å². The van der Waals surface area contributed by atoms with Crippen LogP contribution in [0.4, 0.5) is 14.6 Å². The van der Waals surface area contributed by atoms with Gasteiger partial charge in [0.05, 0.1) is 17.7 Å². The van der Waals surface area contributed by atoms with Gasteiger partial charge in [0, 0.05) is 31.7 Å². The lowest BCUT2D eigenvalue weighted by Gasteiger charge is -2.36. The van der Waals surface area contributed by atoms with Crippen LogP contribution in [0.1, 0.15) is 30.6 Å². The average Bonchev–Trinajstić information content (AvgIpc) is 2.95. The monoisotopic (exact) mass is 460 g/mol. The zero-order valence-electron chi connectivity index (χ0n) is 18.4. The van der Waals surface area contributed by atoms with Crippen LogP contribution in [0.2, 0.25) is 0 Å². The SMILES string of the molecule is CC1(C)CC(O)CN1c1nc(-c2c(O)cccc2F)c(F)c2c1C(=O)N1CCNC[C@@H]1CO2. The predicted molar refractivity (Wildman–Crippen MR) is 116 cm³/mol. The molecule has 3 aliphatic rings. The first-order valence-corrected chi connectivity index (χ1v) is 11.0. The van der Waals surface area contributed by atoms with E-state index in [0.29, 0.717) is 26.1 Å². The van der Waals surface area contributed by atoms with Crippen LogP contribution in [0, 0.1) is 11.6 Å². The summed E-state index contributed by atoms with van der Waals surface area (Å²) in [6, 6.07) is 3.35. The Labute approximate surface area is 189 Å². The van der Waals surface area contributed by atoms with Gasteiger partial charge in [-0.3, -0.25) is 4.79 Å². The third-order valence-corrected chi connectivity index (χ3v) is 6.66. The lowest BCUT2D eigenvalue weighted by atomic mass is 9.99. The molecule has 3 N–H and O–H groups in total. The van der Waals surface area contributed by atoms with Gasteiger partial charge >= 0.3 is 0 Å². The number of carbonyl (C=O) groups is 1. The van der Waals surface area contributed by atoms with Crippen LogP contribution in [0.15, 0.2) is 18.2 Å². The van der Waals surface area contributed by atoms with E-state index in [1.807, 2.05) is 13.8 Å². The number of benzene rings is 1. The van der Waals surface area contributed by atoms with E-state index < -0.39 is 46.2 Å². The first kappa shape index (κ1) is 21.8. The van der Waals surface area contributed by atoms with Gasteiger partial charge in [-0.2, -0.15) is 0 Å². The van der Waals surface area contributed by atoms with E-state index in [1.165, 1.54) is 12.1 Å². The smallest absolute Gasteiger partial charge is 0.261 e. The molecule has 0 bridgehead atoms. The van der Waals surface area contributed by atoms with Gasteiger partial charge in [-0.05, 0) is 32.4 Å². The zero-order chi connectivity index (χ0) is 23.5. The van der Waals surface area contributed by atoms with Gasteiger partial charge in [0.25, 0.3) is 5.91 Å². The highest BCUT2D eigenvalue weighted by Gasteiger charge is 2.44. The molecular weight excluding hydrogens is 434 g/mol. The summed E-state index contributed by atoms with van der Waals surface area (Å²) in [6.07, 6.45) is -0.270. The Kier molecular flexibility index (Phi) is 5.17. The zero-order valence-corrected chi connectivity index (χ0v) is 18.4. The minimum Gasteiger partial charge on any atom is -0.507 e. The standard InChI is InChI=1S/C23H26F2N4O4/c1-23(2)8-13(30)10-29(23)21-17-20(33-11-12-9-26-6-7-28(12)22(17)32)18(25)19(27-21)16-14(24)4-3-5-15(16)31/h3-5,12-13,26,30-31H,6-11H2,1-2H3/t12-,13?/m1/s1. The third-order valence-electron chi connectivity index (χ3n) is 6.66. The highest BCUT2D eigenvalue weighted by molar-refractivity contribution is 6.03. The number of phenols is 1. The minimum atomic E-state index is -1.01. The van der Waals surface area contributed by atoms with Crippen LogP contribution in [0.3, 0.4) is 0 Å². The summed E-state index contributed by atoms with van der Waals surface area (Å²) in [5, 5.41) is 23.9. The van der Waals surface area contributed by atoms with Crippen LogP contribution in [-0.2, 0) is 0 Å². The normalized spacial score (nSPS) is 24.2. The first-order valence-electron chi connectivity index (χ1n) is 11.0. The van der Waals surface area contributed by atoms with E-state index in [0.717, 1.165) is 6.07 Å². The number of aliphatic hydroxyl groups is 1. The van der Waals surface area contributed by atoms with Crippen molar-refractivity contribution >= 4 is 11.7 Å². The van der Waals surface area contributed by atoms with Gasteiger partial charge in [0.15, 0.2) is 11.6 Å². The van der Waals surface area contributed by atoms with Crippen LogP contribution in [-0.4, -0.2) is 76.5 Å². The molecule has 0 saturated carbocycles. The quantitative estimate of drug-likeness (QED) is 0.630. The minimum absolute atomic E-state index is 0.0429. The highest BCUT2D eigenvalue weighted by atomic mass is 19.1. The van der Waals surface area contributed by atoms with E-state index in [4.69, 9.17) is 4.74 Å². The van der Waals surface area contributed by atoms with E-state index in [9.17, 15) is 19.4 Å². The van der Waals surface area contributed by atoms with Gasteiger partial charge in [-0.1, -0.05) is 6.07 Å². The summed E-state index contributed by atoms with van der Waals surface area (Å²) in [7, 11) is 0. The van der Waals surface area contributed by atoms with Crippen molar-refractivity contribution in [2.75, 3.05) is 37.7 Å². The number of amides is 1. The summed E-state index contributed by atoms with van der Waals surface area (Å²) in [5.74, 6) is -2.96. The van der Waals surface area contributed by atoms with Crippen LogP contribution >= 0.6 is 0 Å². The molecule has 2 saturated heterocycles. The molecule has 1 amide bonds. The predicted octanol–water partition coefficient (Wildman–Crippen LogP) is 1.89. The van der Waals surface area contributed by atoms with Crippen molar-refractivity contribution in [3.8, 4) is 22.8 Å². The number of nitrogens with one attached hydrogen (secondary N) is 1. The van der Waals surface area contributed by atoms with Crippen molar-refractivity contribution in [3.05, 3.63) is 35.4 Å². The molecule has 4 heterocycles. The number of piperazine rings is 1. The fourth-order valence-corrected chi connectivity index (χ4v) is 5.05. The van der Waals surface area contributed by atoms with Gasteiger partial charge in [-0.15, -0.1) is 0 Å². The Bertz CT molecular complexity index is 1110. The van der Waals surface area contributed by atoms with Crippen molar-refractivity contribution in [2.45, 2.75) is 38.0 Å². The van der Waals surface area contributed by atoms with Crippen molar-refractivity contribution in [1.29, 1.82) is 0 Å². The number of hydrogen-bond donors (Lipinski definition) is 3. The Balaban J connectivity index is 1.78. The number of aliphatic hydroxyl groups excluding tert-OH is 1. The Hall–Kier alpha value is -2.98. The molecular formula is C23H26F2N4O4. The first-order chi connectivity index (χ1) is 15.7. The Morgan fingerprint density at radius 1 is 1.27 bits per heavy atom. The lowest BCUT2D eigenvalue weighted by Crippen LogP contribution is -2.55. The van der Waals surface area contributed by atoms with Crippen LogP contribution in [0.5, 0.6) is 11.5 Å². The van der Waals surface area contributed by atoms with Gasteiger partial charge in [0.1, 0.15) is 35.2 Å². The molecule has 33 heavy (non-hydrogen) atoms. The number of aromatic hydroxyl groups is 1. The maximum Gasteiger partial charge on any atom is 0.261 e. The molecule has 0 radical (unpaired) electrons. The molecule has 5 rings (SSSR count). The molecule has 10 heteroatoms. The number of hydrogen-bond acceptors (Lipinski definition) is 7. The number of anilines is 1. The molecule has 3 aliphatic heterocycles. The van der Waals surface area contributed by atoms with E-state index >= 15 is 4.39 Å². The van der Waals surface area contributed by atoms with E-state index in [1.54, 1.807) is 9.80 Å². The van der Waals surface area contributed by atoms with Gasteiger partial charge in [0.2, 0.25) is 0 Å². The Morgan fingerprint density at radius 2 is 2.06 bits per heavy atom. The summed E-state index contributed by atoms with van der Waals surface area (Å²) in [6.45, 7) is 5.51. The van der Waals surface area contributed by atoms with Crippen molar-refractivity contribution < 1.29 is 28.5 Å². The second-order valence-corrected chi connectivity index (χ2v) is 9.38. The average molecular weight is 460 g/mol. The number of fused-ring (bicyclic) bond motifs is 2. The highest BCUT2D eigenvalue weighted by Crippen LogP contribution is 2.45. The van der Waals surface area contributed by atoms with E-state index in [2.05, 4.69) is 10.3 Å². The summed E-state index contributed by atoms with van der Waals surface area (Å²) in [5.41, 5.74) is -1.50. The summed E-state index contributed by atoms with van der Waals surface area (Å²) >= 11 is 0. The molecule has 2 atom stereocenters. The van der Waals surface area contributed by atoms with Crippen molar-refractivity contribution in [1.82, 2.24) is 15.2 Å². The second-order valence-electron chi connectivity index (χ2n) is 9.38. The van der Waals surface area contributed by atoms with Crippen molar-refractivity contribution in [3.63, 3.8) is 0 Å². The maximum atomic E-state index is 15.8. The number of pyridine rings is 1. The Morgan fingerprint density at radius 3 is 2.76 bits per heavy atom. The largest absolute Gasteiger partial charge is 0.507 e. The molecule has 0 aliphatic carbocycles. The molecule has 1 unspecified atom stereocenters. The number of nitrogens with zero attached hydrogens (tertiary/aromatic N) is 3. The molecule has 176 valence electrons. The van der Waals surface area contributed by atoms with Gasteiger partial charge in [-0.25, -0.2) is 13.8 Å². The molecule has 2 fully saturated rings. The number of β-amino-alcohol motifs (C(OH)–C–C–N with tert-alkyl or cyclic N) is 1. The van der Waals surface area contributed by atoms with Crippen LogP contribution in [0.25, 0.3) is 11.3 Å². The molecule has 0 spiro atoms. The topological polar surface area (TPSA) is 98.2 Å². The molecule has 1 aromatic carbocycles. The molecule has 1 aromatic heterocycles. The third kappa shape index (κ3) is 3.48. The summed E-state index contributed by atoms with van der Waals surface area (Å²) < 4.78 is 36.4. The number of phenolic OH excluding ortho intramolecular Hbond substituents is 1. The number of aromatic nitrogens is 1. The number of carbonyl (C=O) groups excluding carboxylic acids is 1. The lowest BCUT2D eigenvalue weighted by molar-refractivity contribution is 0.0606. The van der Waals surface area contributed by atoms with Gasteiger partial charge < -0.3 is 30.1 Å².